The van der Waals surface area contributed by atoms with E-state index in [-0.39, 0.29) is 18.1 Å². The summed E-state index contributed by atoms with van der Waals surface area (Å²) >= 11 is 6.54. The third-order valence-corrected chi connectivity index (χ3v) is 6.21. The number of allylic oxidation sites excluding steroid dienone is 2. The van der Waals surface area contributed by atoms with Crippen LogP contribution in [-0.2, 0) is 0 Å². The summed E-state index contributed by atoms with van der Waals surface area (Å²) in [7, 11) is 1.75. The van der Waals surface area contributed by atoms with Crippen LogP contribution in [0.5, 0.6) is 5.75 Å². The quantitative estimate of drug-likeness (QED) is 0.296. The summed E-state index contributed by atoms with van der Waals surface area (Å²) in [5, 5.41) is 31.8. The Morgan fingerprint density at radius 2 is 2.00 bits per heavy atom. The zero-order valence-electron chi connectivity index (χ0n) is 20.5. The molecule has 0 amide bonds. The van der Waals surface area contributed by atoms with Crippen LogP contribution in [0.2, 0.25) is 5.02 Å². The van der Waals surface area contributed by atoms with Gasteiger partial charge in [-0.05, 0) is 58.9 Å². The number of aromatic nitrogens is 2. The van der Waals surface area contributed by atoms with Gasteiger partial charge in [0.1, 0.15) is 36.2 Å². The molecule has 0 saturated carbocycles. The van der Waals surface area contributed by atoms with Crippen molar-refractivity contribution in [1.82, 2.24) is 15.3 Å². The van der Waals surface area contributed by atoms with Crippen LogP contribution in [0.3, 0.4) is 0 Å². The fourth-order valence-electron chi connectivity index (χ4n) is 4.11. The second-order valence-electron chi connectivity index (χ2n) is 8.76. The molecule has 0 radical (unpaired) electrons. The predicted molar refractivity (Wildman–Crippen MR) is 138 cm³/mol. The monoisotopic (exact) mass is 505 g/mol. The molecule has 4 N–H and O–H groups in total. The van der Waals surface area contributed by atoms with Crippen molar-refractivity contribution in [1.29, 1.82) is 5.41 Å². The number of ether oxygens (including phenoxy) is 1. The molecule has 1 aliphatic heterocycles. The standard InChI is InChI=1S/C25H33ClFN5O3/c1-14-23(22(15(2)28)16(3)33)30-24(31-25(14)32-9-7-17(27)8-10-32)20-11-19(5-6-21(20)26)35-13-18(34)12-29-4/h5-6,11,17-18,28-29,33-34H,7-10,12-13H2,1-4H3/b22-16+,28-15?/t18-/m1/s1. The molecule has 1 aromatic heterocycles. The third kappa shape index (κ3) is 6.48. The maximum atomic E-state index is 13.8. The first-order valence-corrected chi connectivity index (χ1v) is 12.0. The molecule has 0 bridgehead atoms. The molecular weight excluding hydrogens is 473 g/mol. The predicted octanol–water partition coefficient (Wildman–Crippen LogP) is 4.33. The number of benzene rings is 1. The van der Waals surface area contributed by atoms with E-state index in [9.17, 15) is 14.6 Å². The van der Waals surface area contributed by atoms with E-state index in [1.165, 1.54) is 6.92 Å². The van der Waals surface area contributed by atoms with Crippen LogP contribution in [0.4, 0.5) is 10.2 Å². The van der Waals surface area contributed by atoms with Crippen LogP contribution in [0.25, 0.3) is 17.0 Å². The molecule has 1 aliphatic rings. The van der Waals surface area contributed by atoms with Gasteiger partial charge in [-0.2, -0.15) is 0 Å². The Labute approximate surface area is 210 Å². The number of nitrogens with one attached hydrogen (secondary N) is 2. The summed E-state index contributed by atoms with van der Waals surface area (Å²) < 4.78 is 19.6. The van der Waals surface area contributed by atoms with Gasteiger partial charge in [0.05, 0.1) is 16.3 Å². The molecule has 1 atom stereocenters. The van der Waals surface area contributed by atoms with Crippen LogP contribution in [0, 0.1) is 12.3 Å². The van der Waals surface area contributed by atoms with Crippen LogP contribution in [0.1, 0.15) is 37.9 Å². The number of rotatable bonds is 9. The number of hydrogen-bond acceptors (Lipinski definition) is 8. The van der Waals surface area contributed by atoms with Gasteiger partial charge in [-0.15, -0.1) is 0 Å². The first-order valence-electron chi connectivity index (χ1n) is 11.6. The first-order chi connectivity index (χ1) is 16.6. The Bertz CT molecular complexity index is 1100. The maximum Gasteiger partial charge on any atom is 0.163 e. The molecule has 10 heteroatoms. The van der Waals surface area contributed by atoms with Gasteiger partial charge in [-0.25, -0.2) is 14.4 Å². The van der Waals surface area contributed by atoms with Crippen LogP contribution < -0.4 is 15.0 Å². The van der Waals surface area contributed by atoms with Crippen LogP contribution in [-0.4, -0.2) is 71.5 Å². The molecule has 2 heterocycles. The Kier molecular flexibility index (Phi) is 9.04. The van der Waals surface area contributed by atoms with Gasteiger partial charge in [-0.1, -0.05) is 11.6 Å². The number of alkyl halides is 1. The Morgan fingerprint density at radius 1 is 1.31 bits per heavy atom. The van der Waals surface area contributed by atoms with E-state index < -0.39 is 12.3 Å². The topological polar surface area (TPSA) is 115 Å². The van der Waals surface area contributed by atoms with Gasteiger partial charge in [-0.3, -0.25) is 0 Å². The molecule has 0 spiro atoms. The number of nitrogens with zero attached hydrogens (tertiary/aromatic N) is 3. The highest BCUT2D eigenvalue weighted by atomic mass is 35.5. The molecule has 1 aromatic carbocycles. The summed E-state index contributed by atoms with van der Waals surface area (Å²) in [4.78, 5) is 11.5. The molecule has 0 aliphatic carbocycles. The highest BCUT2D eigenvalue weighted by Gasteiger charge is 2.26. The lowest BCUT2D eigenvalue weighted by molar-refractivity contribution is 0.108. The molecule has 0 unspecified atom stereocenters. The lowest BCUT2D eigenvalue weighted by atomic mass is 10.0. The molecule has 1 fully saturated rings. The summed E-state index contributed by atoms with van der Waals surface area (Å²) in [5.41, 5.74) is 2.10. The number of hydrogen-bond donors (Lipinski definition) is 4. The average molecular weight is 506 g/mol. The van der Waals surface area contributed by atoms with E-state index in [0.717, 1.165) is 0 Å². The van der Waals surface area contributed by atoms with Crippen LogP contribution >= 0.6 is 11.6 Å². The molecule has 35 heavy (non-hydrogen) atoms. The van der Waals surface area contributed by atoms with Crippen molar-refractivity contribution in [3.05, 3.63) is 40.2 Å². The number of halogens is 2. The first kappa shape index (κ1) is 26.8. The van der Waals surface area contributed by atoms with Gasteiger partial charge in [0.2, 0.25) is 0 Å². The number of anilines is 1. The maximum absolute atomic E-state index is 13.8. The Hall–Kier alpha value is -2.75. The van der Waals surface area contributed by atoms with Gasteiger partial charge < -0.3 is 30.6 Å². The summed E-state index contributed by atoms with van der Waals surface area (Å²) in [6, 6.07) is 5.07. The van der Waals surface area contributed by atoms with Gasteiger partial charge in [0.25, 0.3) is 0 Å². The molecule has 190 valence electrons. The Morgan fingerprint density at radius 3 is 2.60 bits per heavy atom. The minimum atomic E-state index is -0.840. The largest absolute Gasteiger partial charge is 0.512 e. The second-order valence-corrected chi connectivity index (χ2v) is 9.16. The van der Waals surface area contributed by atoms with Crippen molar-refractivity contribution in [2.24, 2.45) is 0 Å². The van der Waals surface area contributed by atoms with Crippen molar-refractivity contribution in [3.63, 3.8) is 0 Å². The SMILES string of the molecule is CNC[C@@H](O)COc1ccc(Cl)c(-c2nc(/C(C(C)=N)=C(\C)O)c(C)c(N3CCC(F)CC3)n2)c1. The highest BCUT2D eigenvalue weighted by molar-refractivity contribution is 6.33. The van der Waals surface area contributed by atoms with Crippen molar-refractivity contribution < 1.29 is 19.3 Å². The molecule has 8 nitrogen and oxygen atoms in total. The number of aliphatic hydroxyl groups is 2. The van der Waals surface area contributed by atoms with Crippen molar-refractivity contribution in [2.75, 3.05) is 38.2 Å². The molecule has 2 aromatic rings. The van der Waals surface area contributed by atoms with Crippen molar-refractivity contribution in [3.8, 4) is 17.1 Å². The molecular formula is C25H33ClFN5O3. The summed E-state index contributed by atoms with van der Waals surface area (Å²) in [6.45, 7) is 6.42. The third-order valence-electron chi connectivity index (χ3n) is 5.88. The minimum absolute atomic E-state index is 0.0274. The highest BCUT2D eigenvalue weighted by Crippen LogP contribution is 2.35. The van der Waals surface area contributed by atoms with Crippen molar-refractivity contribution in [2.45, 2.75) is 45.9 Å². The average Bonchev–Trinajstić information content (AvgIpc) is 2.80. The van der Waals surface area contributed by atoms with Crippen LogP contribution in [0.15, 0.2) is 24.0 Å². The minimum Gasteiger partial charge on any atom is -0.512 e. The lowest BCUT2D eigenvalue weighted by Gasteiger charge is -2.31. The fraction of sp³-hybridized carbons (Fsp3) is 0.480. The van der Waals surface area contributed by atoms with E-state index >= 15 is 0 Å². The summed E-state index contributed by atoms with van der Waals surface area (Å²) in [5.74, 6) is 1.38. The zero-order chi connectivity index (χ0) is 25.7. The number of piperidine rings is 1. The lowest BCUT2D eigenvalue weighted by Crippen LogP contribution is -2.35. The van der Waals surface area contributed by atoms with Gasteiger partial charge in [0.15, 0.2) is 5.82 Å². The van der Waals surface area contributed by atoms with Gasteiger partial charge >= 0.3 is 0 Å². The van der Waals surface area contributed by atoms with E-state index in [4.69, 9.17) is 31.7 Å². The fourth-order valence-corrected chi connectivity index (χ4v) is 4.31. The van der Waals surface area contributed by atoms with E-state index in [1.807, 2.05) is 11.8 Å². The van der Waals surface area contributed by atoms with E-state index in [2.05, 4.69) is 5.32 Å². The number of likely N-dealkylation sites (N-methyl/N-ethyl adjacent to an activating group) is 1. The van der Waals surface area contributed by atoms with E-state index in [0.29, 0.717) is 77.3 Å². The normalized spacial score (nSPS) is 16.1. The second kappa shape index (κ2) is 11.8. The summed E-state index contributed by atoms with van der Waals surface area (Å²) in [6.07, 6.45) is -0.716. The smallest absolute Gasteiger partial charge is 0.163 e. The van der Waals surface area contributed by atoms with Crippen molar-refractivity contribution >= 4 is 28.7 Å². The van der Waals surface area contributed by atoms with E-state index in [1.54, 1.807) is 32.2 Å². The number of aliphatic hydroxyl groups excluding tert-OH is 2. The Balaban J connectivity index is 2.12. The zero-order valence-corrected chi connectivity index (χ0v) is 21.3. The molecule has 3 rings (SSSR count). The van der Waals surface area contributed by atoms with Gasteiger partial charge in [0, 0.05) is 36.5 Å². The molecule has 1 saturated heterocycles.